The van der Waals surface area contributed by atoms with Gasteiger partial charge in [0.2, 0.25) is 0 Å². The maximum absolute atomic E-state index is 6.03. The van der Waals surface area contributed by atoms with Crippen molar-refractivity contribution in [3.05, 3.63) is 16.3 Å². The molecule has 1 aliphatic carbocycles. The van der Waals surface area contributed by atoms with Crippen molar-refractivity contribution in [2.24, 2.45) is 0 Å². The summed E-state index contributed by atoms with van der Waals surface area (Å²) in [6, 6.07) is 0. The molecule has 0 aromatic carbocycles. The van der Waals surface area contributed by atoms with Gasteiger partial charge >= 0.3 is 0 Å². The minimum Gasteiger partial charge on any atom is -0.369 e. The van der Waals surface area contributed by atoms with Crippen molar-refractivity contribution in [1.29, 1.82) is 0 Å². The molecule has 0 bridgehead atoms. The molecule has 0 amide bonds. The van der Waals surface area contributed by atoms with Crippen LogP contribution in [0.1, 0.15) is 87.4 Å². The topological polar surface area (TPSA) is 37.8 Å². The van der Waals surface area contributed by atoms with Crippen LogP contribution in [-0.4, -0.2) is 16.5 Å². The molecule has 0 fully saturated rings. The van der Waals surface area contributed by atoms with E-state index in [-0.39, 0.29) is 0 Å². The summed E-state index contributed by atoms with van der Waals surface area (Å²) in [6.07, 6.45) is 15.7. The van der Waals surface area contributed by atoms with Crippen LogP contribution in [-0.2, 0) is 18.7 Å². The lowest BCUT2D eigenvalue weighted by molar-refractivity contribution is 0.581. The quantitative estimate of drug-likeness (QED) is 0.334. The monoisotopic (exact) mass is 393 g/mol. The first-order valence-electron chi connectivity index (χ1n) is 10.4. The fraction of sp³-hybridized carbons (Fsp3) is 0.714. The van der Waals surface area contributed by atoms with Crippen molar-refractivity contribution >= 4 is 39.0 Å². The second kappa shape index (κ2) is 10.5. The Morgan fingerprint density at radius 2 is 1.69 bits per heavy atom. The van der Waals surface area contributed by atoms with Gasteiger partial charge in [-0.3, -0.25) is 0 Å². The third-order valence-corrected chi connectivity index (χ3v) is 6.73. The van der Waals surface area contributed by atoms with E-state index in [1.54, 1.807) is 0 Å². The smallest absolute Gasteiger partial charge is 0.147 e. The molecule has 2 heterocycles. The maximum Gasteiger partial charge on any atom is 0.147 e. The zero-order valence-electron chi connectivity index (χ0n) is 16.1. The molecule has 144 valence electrons. The Balaban J connectivity index is 1.56. The summed E-state index contributed by atoms with van der Waals surface area (Å²) < 4.78 is 0. The highest BCUT2D eigenvalue weighted by atomic mass is 35.5. The summed E-state index contributed by atoms with van der Waals surface area (Å²) in [4.78, 5) is 12.0. The third kappa shape index (κ3) is 5.10. The summed E-state index contributed by atoms with van der Waals surface area (Å²) in [5.41, 5.74) is 1.50. The Morgan fingerprint density at radius 3 is 2.46 bits per heavy atom. The standard InChI is InChI=1S/C21H32ClN3S/c1-2-3-4-5-6-7-8-11-14-23-20-19-16-12-9-10-13-17(16)26-21(19)25-18(15-22)24-20/h2-15H2,1H3,(H,23,24,25). The van der Waals surface area contributed by atoms with Gasteiger partial charge < -0.3 is 5.32 Å². The fourth-order valence-corrected chi connectivity index (χ4v) is 5.25. The number of fused-ring (bicyclic) bond motifs is 3. The van der Waals surface area contributed by atoms with E-state index < -0.39 is 0 Å². The largest absolute Gasteiger partial charge is 0.369 e. The second-order valence-electron chi connectivity index (χ2n) is 7.41. The molecule has 0 saturated heterocycles. The van der Waals surface area contributed by atoms with E-state index in [1.165, 1.54) is 92.9 Å². The molecule has 0 radical (unpaired) electrons. The molecule has 2 aromatic rings. The molecule has 0 spiro atoms. The molecule has 3 rings (SSSR count). The van der Waals surface area contributed by atoms with Crippen LogP contribution in [0.25, 0.3) is 10.2 Å². The zero-order valence-corrected chi connectivity index (χ0v) is 17.7. The van der Waals surface area contributed by atoms with Crippen LogP contribution in [0.4, 0.5) is 5.82 Å². The molecule has 1 N–H and O–H groups in total. The Kier molecular flexibility index (Phi) is 8.00. The fourth-order valence-electron chi connectivity index (χ4n) is 3.85. The highest BCUT2D eigenvalue weighted by Crippen LogP contribution is 2.38. The lowest BCUT2D eigenvalue weighted by Gasteiger charge is -2.13. The molecule has 5 heteroatoms. The number of halogens is 1. The molecular formula is C21H32ClN3S. The van der Waals surface area contributed by atoms with Gasteiger partial charge in [-0.15, -0.1) is 22.9 Å². The van der Waals surface area contributed by atoms with Crippen LogP contribution in [0.5, 0.6) is 0 Å². The van der Waals surface area contributed by atoms with Crippen molar-refractivity contribution in [3.63, 3.8) is 0 Å². The number of aromatic nitrogens is 2. The van der Waals surface area contributed by atoms with Crippen molar-refractivity contribution in [2.75, 3.05) is 11.9 Å². The Labute approximate surface area is 167 Å². The number of nitrogens with zero attached hydrogens (tertiary/aromatic N) is 2. The minimum atomic E-state index is 0.380. The van der Waals surface area contributed by atoms with Gasteiger partial charge in [0.1, 0.15) is 16.5 Å². The first-order chi connectivity index (χ1) is 12.8. The first kappa shape index (κ1) is 19.9. The normalized spacial score (nSPS) is 13.9. The van der Waals surface area contributed by atoms with Crippen molar-refractivity contribution in [1.82, 2.24) is 9.97 Å². The molecule has 1 aliphatic rings. The van der Waals surface area contributed by atoms with E-state index in [0.29, 0.717) is 5.88 Å². The van der Waals surface area contributed by atoms with Crippen LogP contribution < -0.4 is 5.32 Å². The average Bonchev–Trinajstić information content (AvgIpc) is 3.05. The number of alkyl halides is 1. The number of unbranched alkanes of at least 4 members (excludes halogenated alkanes) is 7. The number of anilines is 1. The van der Waals surface area contributed by atoms with Gasteiger partial charge in [0.25, 0.3) is 0 Å². The first-order valence-corrected chi connectivity index (χ1v) is 11.8. The van der Waals surface area contributed by atoms with Gasteiger partial charge in [-0.25, -0.2) is 9.97 Å². The van der Waals surface area contributed by atoms with E-state index in [0.717, 1.165) is 23.0 Å². The van der Waals surface area contributed by atoms with Crippen molar-refractivity contribution in [2.45, 2.75) is 89.9 Å². The van der Waals surface area contributed by atoms with Crippen molar-refractivity contribution in [3.8, 4) is 0 Å². The lowest BCUT2D eigenvalue weighted by atomic mass is 9.97. The van der Waals surface area contributed by atoms with Gasteiger partial charge in [-0.05, 0) is 37.7 Å². The van der Waals surface area contributed by atoms with Gasteiger partial charge in [0, 0.05) is 11.4 Å². The molecule has 0 atom stereocenters. The summed E-state index contributed by atoms with van der Waals surface area (Å²) >= 11 is 7.88. The van der Waals surface area contributed by atoms with Crippen LogP contribution in [0, 0.1) is 0 Å². The molecular weight excluding hydrogens is 362 g/mol. The number of hydrogen-bond donors (Lipinski definition) is 1. The predicted molar refractivity (Wildman–Crippen MR) is 115 cm³/mol. The number of aryl methyl sites for hydroxylation is 2. The van der Waals surface area contributed by atoms with Gasteiger partial charge in [0.15, 0.2) is 0 Å². The van der Waals surface area contributed by atoms with Gasteiger partial charge in [-0.1, -0.05) is 51.9 Å². The van der Waals surface area contributed by atoms with Crippen molar-refractivity contribution < 1.29 is 0 Å². The highest BCUT2D eigenvalue weighted by Gasteiger charge is 2.20. The van der Waals surface area contributed by atoms with E-state index in [4.69, 9.17) is 16.6 Å². The highest BCUT2D eigenvalue weighted by molar-refractivity contribution is 7.19. The van der Waals surface area contributed by atoms with Crippen LogP contribution in [0.3, 0.4) is 0 Å². The Hall–Kier alpha value is -0.870. The molecule has 26 heavy (non-hydrogen) atoms. The second-order valence-corrected chi connectivity index (χ2v) is 8.77. The SMILES string of the molecule is CCCCCCCCCCNc1nc(CCl)nc2sc3c(c12)CCCC3. The number of rotatable bonds is 11. The third-order valence-electron chi connectivity index (χ3n) is 5.30. The molecule has 0 saturated carbocycles. The van der Waals surface area contributed by atoms with Gasteiger partial charge in [0.05, 0.1) is 11.3 Å². The van der Waals surface area contributed by atoms with E-state index >= 15 is 0 Å². The summed E-state index contributed by atoms with van der Waals surface area (Å²) in [5, 5.41) is 4.88. The van der Waals surface area contributed by atoms with Crippen LogP contribution in [0.15, 0.2) is 0 Å². The van der Waals surface area contributed by atoms with E-state index in [1.807, 2.05) is 11.3 Å². The number of nitrogens with one attached hydrogen (secondary N) is 1. The summed E-state index contributed by atoms with van der Waals surface area (Å²) in [5.74, 6) is 2.15. The van der Waals surface area contributed by atoms with Crippen LogP contribution in [0.2, 0.25) is 0 Å². The van der Waals surface area contributed by atoms with E-state index in [2.05, 4.69) is 17.2 Å². The molecule has 2 aromatic heterocycles. The summed E-state index contributed by atoms with van der Waals surface area (Å²) in [6.45, 7) is 3.27. The lowest BCUT2D eigenvalue weighted by Crippen LogP contribution is -2.07. The maximum atomic E-state index is 6.03. The Morgan fingerprint density at radius 1 is 0.962 bits per heavy atom. The average molecular weight is 394 g/mol. The van der Waals surface area contributed by atoms with E-state index in [9.17, 15) is 0 Å². The minimum absolute atomic E-state index is 0.380. The molecule has 0 unspecified atom stereocenters. The number of thiophene rings is 1. The predicted octanol–water partition coefficient (Wildman–Crippen LogP) is 6.86. The zero-order chi connectivity index (χ0) is 18.2. The van der Waals surface area contributed by atoms with Crippen LogP contribution >= 0.6 is 22.9 Å². The molecule has 0 aliphatic heterocycles. The molecule has 3 nitrogen and oxygen atoms in total. The Bertz CT molecular complexity index is 698. The summed E-state index contributed by atoms with van der Waals surface area (Å²) in [7, 11) is 0. The van der Waals surface area contributed by atoms with Gasteiger partial charge in [-0.2, -0.15) is 0 Å². The number of hydrogen-bond acceptors (Lipinski definition) is 4.